The first-order valence-electron chi connectivity index (χ1n) is 13.1. The van der Waals surface area contributed by atoms with Gasteiger partial charge in [0, 0.05) is 23.5 Å². The van der Waals surface area contributed by atoms with Crippen molar-refractivity contribution in [3.63, 3.8) is 0 Å². The molecule has 4 rings (SSSR count). The van der Waals surface area contributed by atoms with Crippen LogP contribution in [0.4, 0.5) is 17.6 Å². The Morgan fingerprint density at radius 1 is 1.05 bits per heavy atom. The Bertz CT molecular complexity index is 1460. The summed E-state index contributed by atoms with van der Waals surface area (Å²) in [6.07, 6.45) is 4.77. The van der Waals surface area contributed by atoms with E-state index in [1.807, 2.05) is 30.3 Å². The van der Waals surface area contributed by atoms with E-state index in [0.29, 0.717) is 24.1 Å². The molecule has 0 aliphatic heterocycles. The molecule has 0 bridgehead atoms. The number of hydrogen-bond donors (Lipinski definition) is 0. The molecule has 0 atom stereocenters. The van der Waals surface area contributed by atoms with Crippen LogP contribution in [0.3, 0.4) is 0 Å². The van der Waals surface area contributed by atoms with Gasteiger partial charge in [0.15, 0.2) is 0 Å². The van der Waals surface area contributed by atoms with E-state index in [4.69, 9.17) is 13.9 Å². The van der Waals surface area contributed by atoms with Crippen LogP contribution in [0.25, 0.3) is 12.2 Å². The summed E-state index contributed by atoms with van der Waals surface area (Å²) in [6, 6.07) is 12.0. The Morgan fingerprint density at radius 3 is 2.56 bits per heavy atom. The first-order chi connectivity index (χ1) is 19.7. The van der Waals surface area contributed by atoms with Gasteiger partial charge in [-0.05, 0) is 74.6 Å². The van der Waals surface area contributed by atoms with Gasteiger partial charge in [-0.2, -0.15) is 18.3 Å². The van der Waals surface area contributed by atoms with Crippen LogP contribution < -0.4 is 4.74 Å². The Balaban J connectivity index is 1.20. The lowest BCUT2D eigenvalue weighted by atomic mass is 10.1. The highest BCUT2D eigenvalue weighted by Crippen LogP contribution is 2.30. The number of ether oxygens (including phenoxy) is 2. The average molecular weight is 572 g/mol. The van der Waals surface area contributed by atoms with Crippen molar-refractivity contribution in [2.75, 3.05) is 6.61 Å². The zero-order chi connectivity index (χ0) is 29.2. The highest BCUT2D eigenvalue weighted by atomic mass is 19.4. The number of carbonyl (C=O) groups excluding carboxylic acids is 1. The topological polar surface area (TPSA) is 79.4 Å². The molecule has 0 radical (unpaired) electrons. The first-order valence-corrected chi connectivity index (χ1v) is 13.1. The minimum absolute atomic E-state index is 0.0188. The largest absolute Gasteiger partial charge is 0.487 e. The van der Waals surface area contributed by atoms with Crippen molar-refractivity contribution in [1.82, 2.24) is 14.8 Å². The molecule has 11 heteroatoms. The van der Waals surface area contributed by atoms with Crippen LogP contribution in [0.15, 0.2) is 65.4 Å². The number of esters is 1. The van der Waals surface area contributed by atoms with Gasteiger partial charge in [-0.25, -0.2) is 9.37 Å². The second-order valence-electron chi connectivity index (χ2n) is 9.17. The van der Waals surface area contributed by atoms with Crippen LogP contribution in [-0.2, 0) is 41.7 Å². The predicted molar refractivity (Wildman–Crippen MR) is 143 cm³/mol. The summed E-state index contributed by atoms with van der Waals surface area (Å²) >= 11 is 0. The third-order valence-corrected chi connectivity index (χ3v) is 6.15. The highest BCUT2D eigenvalue weighted by molar-refractivity contribution is 5.69. The number of carbonyl (C=O) groups is 1. The van der Waals surface area contributed by atoms with E-state index in [9.17, 15) is 22.4 Å². The Kier molecular flexibility index (Phi) is 9.94. The second kappa shape index (κ2) is 13.8. The van der Waals surface area contributed by atoms with Crippen LogP contribution in [-0.4, -0.2) is 27.3 Å². The molecule has 7 nitrogen and oxygen atoms in total. The van der Waals surface area contributed by atoms with Crippen LogP contribution in [0.1, 0.15) is 53.7 Å². The molecule has 0 N–H and O–H groups in total. The molecule has 2 heterocycles. The average Bonchev–Trinajstić information content (AvgIpc) is 3.58. The lowest BCUT2D eigenvalue weighted by Crippen LogP contribution is -2.16. The van der Waals surface area contributed by atoms with Gasteiger partial charge in [0.25, 0.3) is 0 Å². The number of unbranched alkanes of at least 4 members (excludes halogenated alkanes) is 1. The van der Waals surface area contributed by atoms with Crippen LogP contribution in [0.5, 0.6) is 5.75 Å². The molecule has 41 heavy (non-hydrogen) atoms. The number of oxazole rings is 1. The second-order valence-corrected chi connectivity index (χ2v) is 9.17. The molecule has 0 amide bonds. The first kappa shape index (κ1) is 29.6. The SMILES string of the molecule is CCOC(=O)Cn1nccc1CCCCc1ccc(OCc2coc(/C=C/c3ccc(C(F)(F)F)cc3F)n2)cc1. The van der Waals surface area contributed by atoms with E-state index in [1.54, 1.807) is 17.8 Å². The number of nitrogens with zero attached hydrogens (tertiary/aromatic N) is 3. The number of hydrogen-bond acceptors (Lipinski definition) is 6. The predicted octanol–water partition coefficient (Wildman–Crippen LogP) is 6.91. The van der Waals surface area contributed by atoms with Gasteiger partial charge in [-0.3, -0.25) is 9.48 Å². The van der Waals surface area contributed by atoms with Crippen molar-refractivity contribution in [2.24, 2.45) is 0 Å². The standard InChI is InChI=1S/C30H29F4N3O4/c1-2-39-29(38)18-37-25(15-16-35-37)6-4-3-5-21-7-12-26(13-8-21)40-19-24-20-41-28(36-24)14-10-22-9-11-23(17-27(22)31)30(32,33)34/h7-17,20H,2-6,18-19H2,1H3/b14-10+. The Hall–Kier alpha value is -4.41. The molecule has 0 aliphatic rings. The van der Waals surface area contributed by atoms with Crippen LogP contribution in [0, 0.1) is 5.82 Å². The summed E-state index contributed by atoms with van der Waals surface area (Å²) in [6.45, 7) is 2.38. The molecule has 0 fully saturated rings. The molecule has 4 aromatic rings. The molecule has 0 saturated carbocycles. The number of halogens is 4. The molecule has 216 valence electrons. The van der Waals surface area contributed by atoms with Gasteiger partial charge < -0.3 is 13.9 Å². The van der Waals surface area contributed by atoms with Crippen molar-refractivity contribution in [2.45, 2.75) is 51.9 Å². The van der Waals surface area contributed by atoms with Crippen LogP contribution in [0.2, 0.25) is 0 Å². The van der Waals surface area contributed by atoms with Gasteiger partial charge in [0.2, 0.25) is 5.89 Å². The fraction of sp³-hybridized carbons (Fsp3) is 0.300. The summed E-state index contributed by atoms with van der Waals surface area (Å²) in [5.74, 6) is -0.465. The summed E-state index contributed by atoms with van der Waals surface area (Å²) in [5.41, 5.74) is 1.60. The monoisotopic (exact) mass is 571 g/mol. The highest BCUT2D eigenvalue weighted by Gasteiger charge is 2.31. The smallest absolute Gasteiger partial charge is 0.416 e. The van der Waals surface area contributed by atoms with Crippen molar-refractivity contribution >= 4 is 18.1 Å². The molecular formula is C30H29F4N3O4. The fourth-order valence-electron chi connectivity index (χ4n) is 4.05. The van der Waals surface area contributed by atoms with Gasteiger partial charge in [-0.15, -0.1) is 0 Å². The maximum Gasteiger partial charge on any atom is 0.416 e. The van der Waals surface area contributed by atoms with E-state index in [1.165, 1.54) is 24.0 Å². The quantitative estimate of drug-likeness (QED) is 0.0986. The summed E-state index contributed by atoms with van der Waals surface area (Å²) in [4.78, 5) is 15.9. The number of alkyl halides is 3. The Labute approximate surface area is 234 Å². The normalized spacial score (nSPS) is 11.7. The van der Waals surface area contributed by atoms with E-state index < -0.39 is 17.6 Å². The number of rotatable bonds is 13. The van der Waals surface area contributed by atoms with Crippen LogP contribution >= 0.6 is 0 Å². The van der Waals surface area contributed by atoms with Gasteiger partial charge in [0.1, 0.15) is 36.7 Å². The third kappa shape index (κ3) is 8.79. The van der Waals surface area contributed by atoms with Crippen molar-refractivity contribution < 1.29 is 36.2 Å². The molecular weight excluding hydrogens is 542 g/mol. The Morgan fingerprint density at radius 2 is 1.83 bits per heavy atom. The number of aromatic nitrogens is 3. The van der Waals surface area contributed by atoms with Crippen molar-refractivity contribution in [1.29, 1.82) is 0 Å². The lowest BCUT2D eigenvalue weighted by molar-refractivity contribution is -0.144. The molecule has 0 saturated heterocycles. The summed E-state index contributed by atoms with van der Waals surface area (Å²) in [5, 5.41) is 4.20. The minimum Gasteiger partial charge on any atom is -0.487 e. The number of aryl methyl sites for hydroxylation is 2. The molecule has 0 aliphatic carbocycles. The molecule has 0 spiro atoms. The van der Waals surface area contributed by atoms with E-state index in [2.05, 4.69) is 10.1 Å². The zero-order valence-electron chi connectivity index (χ0n) is 22.4. The fourth-order valence-corrected chi connectivity index (χ4v) is 4.05. The van der Waals surface area contributed by atoms with E-state index >= 15 is 0 Å². The molecule has 2 aromatic heterocycles. The molecule has 2 aromatic carbocycles. The summed E-state index contributed by atoms with van der Waals surface area (Å²) in [7, 11) is 0. The van der Waals surface area contributed by atoms with Gasteiger partial charge in [0.05, 0.1) is 12.2 Å². The number of benzene rings is 2. The van der Waals surface area contributed by atoms with Crippen molar-refractivity contribution in [3.05, 3.63) is 101 Å². The lowest BCUT2D eigenvalue weighted by Gasteiger charge is -2.08. The third-order valence-electron chi connectivity index (χ3n) is 6.15. The van der Waals surface area contributed by atoms with Crippen molar-refractivity contribution in [3.8, 4) is 5.75 Å². The van der Waals surface area contributed by atoms with Gasteiger partial charge >= 0.3 is 12.1 Å². The maximum absolute atomic E-state index is 14.0. The van der Waals surface area contributed by atoms with E-state index in [-0.39, 0.29) is 30.6 Å². The van der Waals surface area contributed by atoms with E-state index in [0.717, 1.165) is 43.5 Å². The maximum atomic E-state index is 14.0. The zero-order valence-corrected chi connectivity index (χ0v) is 22.4. The van der Waals surface area contributed by atoms with Gasteiger partial charge in [-0.1, -0.05) is 18.2 Å². The minimum atomic E-state index is -4.61. The summed E-state index contributed by atoms with van der Waals surface area (Å²) < 4.78 is 69.8. The molecule has 0 unspecified atom stereocenters.